The maximum Gasteiger partial charge on any atom is 0.244 e. The lowest BCUT2D eigenvalue weighted by Crippen LogP contribution is -2.39. The highest BCUT2D eigenvalue weighted by atomic mass is 35.5. The van der Waals surface area contributed by atoms with Crippen molar-refractivity contribution in [1.82, 2.24) is 14.9 Å². The van der Waals surface area contributed by atoms with Crippen molar-refractivity contribution in [2.75, 3.05) is 18.9 Å². The van der Waals surface area contributed by atoms with Crippen molar-refractivity contribution < 1.29 is 4.79 Å². The number of amides is 1. The van der Waals surface area contributed by atoms with Gasteiger partial charge in [0.25, 0.3) is 0 Å². The Bertz CT molecular complexity index is 439. The Hall–Kier alpha value is -1.36. The van der Waals surface area contributed by atoms with E-state index >= 15 is 0 Å². The molecule has 106 valence electrons. The molecule has 1 amide bonds. The third-order valence-corrected chi connectivity index (χ3v) is 2.99. The maximum absolute atomic E-state index is 12.0. The Labute approximate surface area is 119 Å². The van der Waals surface area contributed by atoms with Crippen LogP contribution in [-0.2, 0) is 11.2 Å². The highest BCUT2D eigenvalue weighted by molar-refractivity contribution is 6.29. The number of hydrogen-bond donors (Lipinski definition) is 1. The molecule has 0 bridgehead atoms. The van der Waals surface area contributed by atoms with Gasteiger partial charge in [0.05, 0.1) is 0 Å². The molecule has 19 heavy (non-hydrogen) atoms. The van der Waals surface area contributed by atoms with Crippen LogP contribution in [0.15, 0.2) is 6.07 Å². The fraction of sp³-hybridized carbons (Fsp3) is 0.615. The summed E-state index contributed by atoms with van der Waals surface area (Å²) < 4.78 is 0. The molecule has 0 aliphatic heterocycles. The van der Waals surface area contributed by atoms with Gasteiger partial charge in [0.1, 0.15) is 22.8 Å². The van der Waals surface area contributed by atoms with Gasteiger partial charge in [-0.15, -0.1) is 0 Å². The van der Waals surface area contributed by atoms with Crippen molar-refractivity contribution in [2.24, 2.45) is 0 Å². The zero-order valence-corrected chi connectivity index (χ0v) is 12.7. The molecule has 0 saturated carbocycles. The molecule has 6 heteroatoms. The molecular formula is C13H21ClN4O. The summed E-state index contributed by atoms with van der Waals surface area (Å²) in [6, 6.07) is 1.29. The normalized spacial score (nSPS) is 12.1. The van der Waals surface area contributed by atoms with Gasteiger partial charge in [-0.1, -0.05) is 18.5 Å². The van der Waals surface area contributed by atoms with E-state index in [-0.39, 0.29) is 11.9 Å². The topological polar surface area (TPSA) is 58.1 Å². The van der Waals surface area contributed by atoms with Crippen molar-refractivity contribution in [1.29, 1.82) is 0 Å². The molecule has 0 aliphatic carbocycles. The number of hydrogen-bond acceptors (Lipinski definition) is 4. The third kappa shape index (κ3) is 4.67. The third-order valence-electron chi connectivity index (χ3n) is 2.80. The summed E-state index contributed by atoms with van der Waals surface area (Å²) in [6.45, 7) is 6.48. The summed E-state index contributed by atoms with van der Waals surface area (Å²) in [6.07, 6.45) is 1.72. The average Bonchev–Trinajstić information content (AvgIpc) is 2.36. The lowest BCUT2D eigenvalue weighted by Gasteiger charge is -2.21. The number of rotatable bonds is 6. The van der Waals surface area contributed by atoms with Crippen LogP contribution in [0.3, 0.4) is 0 Å². The number of aromatic nitrogens is 2. The van der Waals surface area contributed by atoms with Gasteiger partial charge in [-0.05, 0) is 20.3 Å². The first-order valence-electron chi connectivity index (χ1n) is 6.52. The summed E-state index contributed by atoms with van der Waals surface area (Å²) in [4.78, 5) is 22.1. The van der Waals surface area contributed by atoms with E-state index in [1.54, 1.807) is 18.0 Å². The Morgan fingerprint density at radius 3 is 2.74 bits per heavy atom. The van der Waals surface area contributed by atoms with Crippen molar-refractivity contribution in [3.8, 4) is 0 Å². The molecule has 1 heterocycles. The largest absolute Gasteiger partial charge is 0.358 e. The van der Waals surface area contributed by atoms with Crippen molar-refractivity contribution in [2.45, 2.75) is 39.7 Å². The number of nitrogens with one attached hydrogen (secondary N) is 1. The van der Waals surface area contributed by atoms with E-state index in [4.69, 9.17) is 11.6 Å². The molecule has 1 N–H and O–H groups in total. The smallest absolute Gasteiger partial charge is 0.244 e. The van der Waals surface area contributed by atoms with Gasteiger partial charge in [-0.2, -0.15) is 0 Å². The van der Waals surface area contributed by atoms with Gasteiger partial charge >= 0.3 is 0 Å². The highest BCUT2D eigenvalue weighted by Crippen LogP contribution is 2.14. The number of aryl methyl sites for hydroxylation is 1. The molecule has 5 nitrogen and oxygen atoms in total. The first-order valence-corrected chi connectivity index (χ1v) is 6.90. The summed E-state index contributed by atoms with van der Waals surface area (Å²) in [5, 5.41) is 3.46. The number of likely N-dealkylation sites (N-methyl/N-ethyl adjacent to an activating group) is 1. The molecule has 0 spiro atoms. The number of anilines is 1. The lowest BCUT2D eigenvalue weighted by molar-refractivity contribution is -0.130. The molecule has 0 radical (unpaired) electrons. The van der Waals surface area contributed by atoms with Crippen molar-refractivity contribution >= 4 is 23.3 Å². The quantitative estimate of drug-likeness (QED) is 0.815. The summed E-state index contributed by atoms with van der Waals surface area (Å²) in [5.74, 6) is 1.31. The minimum atomic E-state index is -0.342. The number of nitrogens with zero attached hydrogens (tertiary/aromatic N) is 3. The fourth-order valence-electron chi connectivity index (χ4n) is 1.64. The Balaban J connectivity index is 2.78. The van der Waals surface area contributed by atoms with Crippen LogP contribution in [-0.4, -0.2) is 40.4 Å². The zero-order chi connectivity index (χ0) is 14.4. The molecular weight excluding hydrogens is 264 g/mol. The molecule has 0 saturated heterocycles. The van der Waals surface area contributed by atoms with E-state index in [1.807, 2.05) is 13.8 Å². The predicted molar refractivity (Wildman–Crippen MR) is 77.4 cm³/mol. The van der Waals surface area contributed by atoms with E-state index < -0.39 is 0 Å². The SMILES string of the molecule is CCCc1nc(Cl)cc(NC(C)C(=O)N(C)CC)n1. The first-order chi connectivity index (χ1) is 8.97. The minimum Gasteiger partial charge on any atom is -0.358 e. The molecule has 1 unspecified atom stereocenters. The standard InChI is InChI=1S/C13H21ClN4O/c1-5-7-11-16-10(14)8-12(17-11)15-9(3)13(19)18(4)6-2/h8-9H,5-7H2,1-4H3,(H,15,16,17). The van der Waals surface area contributed by atoms with Gasteiger partial charge in [0, 0.05) is 26.1 Å². The van der Waals surface area contributed by atoms with E-state index in [2.05, 4.69) is 22.2 Å². The van der Waals surface area contributed by atoms with Crippen LogP contribution in [0.2, 0.25) is 5.15 Å². The Kier molecular flexibility index (Phi) is 6.02. The molecule has 0 fully saturated rings. The number of halogens is 1. The molecule has 1 atom stereocenters. The number of carbonyl (C=O) groups is 1. The van der Waals surface area contributed by atoms with Gasteiger partial charge < -0.3 is 10.2 Å². The molecule has 1 aromatic heterocycles. The molecule has 1 rings (SSSR count). The van der Waals surface area contributed by atoms with E-state index in [1.165, 1.54) is 0 Å². The van der Waals surface area contributed by atoms with Crippen molar-refractivity contribution in [3.63, 3.8) is 0 Å². The van der Waals surface area contributed by atoms with Crippen LogP contribution in [0, 0.1) is 0 Å². The summed E-state index contributed by atoms with van der Waals surface area (Å²) in [7, 11) is 1.77. The van der Waals surface area contributed by atoms with Crippen LogP contribution >= 0.6 is 11.6 Å². The molecule has 1 aromatic rings. The lowest BCUT2D eigenvalue weighted by atomic mass is 10.3. The molecule has 0 aliphatic rings. The maximum atomic E-state index is 12.0. The van der Waals surface area contributed by atoms with Gasteiger partial charge in [0.15, 0.2) is 0 Å². The predicted octanol–water partition coefficient (Wildman–Crippen LogP) is 2.36. The first kappa shape index (κ1) is 15.7. The zero-order valence-electron chi connectivity index (χ0n) is 11.9. The van der Waals surface area contributed by atoms with Gasteiger partial charge in [-0.25, -0.2) is 9.97 Å². The molecule has 0 aromatic carbocycles. The second kappa shape index (κ2) is 7.28. The number of carbonyl (C=O) groups excluding carboxylic acids is 1. The van der Waals surface area contributed by atoms with E-state index in [9.17, 15) is 4.79 Å². The summed E-state index contributed by atoms with van der Waals surface area (Å²) in [5.41, 5.74) is 0. The van der Waals surface area contributed by atoms with Crippen LogP contribution < -0.4 is 5.32 Å². The van der Waals surface area contributed by atoms with E-state index in [0.29, 0.717) is 23.3 Å². The van der Waals surface area contributed by atoms with Crippen LogP contribution in [0.4, 0.5) is 5.82 Å². The van der Waals surface area contributed by atoms with Gasteiger partial charge in [0.2, 0.25) is 5.91 Å². The second-order valence-electron chi connectivity index (χ2n) is 4.46. The Morgan fingerprint density at radius 1 is 1.47 bits per heavy atom. The Morgan fingerprint density at radius 2 is 2.16 bits per heavy atom. The highest BCUT2D eigenvalue weighted by Gasteiger charge is 2.17. The van der Waals surface area contributed by atoms with Crippen molar-refractivity contribution in [3.05, 3.63) is 17.0 Å². The van der Waals surface area contributed by atoms with Crippen LogP contribution in [0.5, 0.6) is 0 Å². The van der Waals surface area contributed by atoms with Gasteiger partial charge in [-0.3, -0.25) is 4.79 Å². The van der Waals surface area contributed by atoms with E-state index in [0.717, 1.165) is 12.8 Å². The minimum absolute atomic E-state index is 0.0225. The second-order valence-corrected chi connectivity index (χ2v) is 4.85. The van der Waals surface area contributed by atoms with Crippen LogP contribution in [0.1, 0.15) is 33.0 Å². The fourth-order valence-corrected chi connectivity index (χ4v) is 1.84. The van der Waals surface area contributed by atoms with Crippen LogP contribution in [0.25, 0.3) is 0 Å². The monoisotopic (exact) mass is 284 g/mol. The average molecular weight is 285 g/mol. The summed E-state index contributed by atoms with van der Waals surface area (Å²) >= 11 is 5.95.